The summed E-state index contributed by atoms with van der Waals surface area (Å²) in [5, 5.41) is 3.72. The molecule has 4 rings (SSSR count). The van der Waals surface area contributed by atoms with E-state index in [1.807, 2.05) is 12.1 Å². The van der Waals surface area contributed by atoms with Crippen LogP contribution < -0.4 is 0 Å². The molecular formula is C20H17NO3. The first kappa shape index (κ1) is 14.8. The molecule has 0 amide bonds. The summed E-state index contributed by atoms with van der Waals surface area (Å²) in [6.45, 7) is 1.27. The predicted molar refractivity (Wildman–Crippen MR) is 91.8 cm³/mol. The molecule has 1 aromatic carbocycles. The quantitative estimate of drug-likeness (QED) is 0.587. The number of hydrogen-bond donors (Lipinski definition) is 0. The molecule has 0 heterocycles. The maximum Gasteiger partial charge on any atom is 0.331 e. The number of oxime groups is 1. The van der Waals surface area contributed by atoms with Crippen LogP contribution in [0.5, 0.6) is 0 Å². The highest BCUT2D eigenvalue weighted by Crippen LogP contribution is 2.41. The third-order valence-corrected chi connectivity index (χ3v) is 4.82. The molecule has 4 nitrogen and oxygen atoms in total. The van der Waals surface area contributed by atoms with Crippen LogP contribution in [0.4, 0.5) is 0 Å². The first-order valence-corrected chi connectivity index (χ1v) is 8.13. The van der Waals surface area contributed by atoms with E-state index >= 15 is 0 Å². The van der Waals surface area contributed by atoms with E-state index < -0.39 is 5.97 Å². The minimum Gasteiger partial charge on any atom is -0.318 e. The number of benzene rings is 1. The van der Waals surface area contributed by atoms with E-state index in [0.29, 0.717) is 29.5 Å². The fourth-order valence-electron chi connectivity index (χ4n) is 3.70. The van der Waals surface area contributed by atoms with E-state index in [1.165, 1.54) is 12.5 Å². The van der Waals surface area contributed by atoms with E-state index in [0.717, 1.165) is 17.5 Å². The highest BCUT2D eigenvalue weighted by molar-refractivity contribution is 6.47. The van der Waals surface area contributed by atoms with Crippen LogP contribution >= 0.6 is 0 Å². The zero-order valence-corrected chi connectivity index (χ0v) is 13.4. The number of nitrogens with zero attached hydrogens (tertiary/aromatic N) is 1. The molecule has 120 valence electrons. The smallest absolute Gasteiger partial charge is 0.318 e. The highest BCUT2D eigenvalue weighted by Gasteiger charge is 2.31. The Kier molecular flexibility index (Phi) is 3.53. The van der Waals surface area contributed by atoms with Crippen LogP contribution in [-0.2, 0) is 16.1 Å². The number of ketones is 1. The van der Waals surface area contributed by atoms with Crippen LogP contribution in [-0.4, -0.2) is 17.5 Å². The third-order valence-electron chi connectivity index (χ3n) is 4.82. The van der Waals surface area contributed by atoms with Crippen LogP contribution in [0.2, 0.25) is 0 Å². The molecule has 0 radical (unpaired) electrons. The predicted octanol–water partition coefficient (Wildman–Crippen LogP) is 3.59. The molecule has 2 atom stereocenters. The second-order valence-corrected chi connectivity index (χ2v) is 6.28. The summed E-state index contributed by atoms with van der Waals surface area (Å²) in [6.07, 6.45) is 14.2. The van der Waals surface area contributed by atoms with Crippen molar-refractivity contribution in [2.45, 2.75) is 25.7 Å². The Morgan fingerprint density at radius 1 is 1.17 bits per heavy atom. The third kappa shape index (κ3) is 2.35. The number of fused-ring (bicyclic) bond motifs is 5. The summed E-state index contributed by atoms with van der Waals surface area (Å²) < 4.78 is 0. The number of rotatable bonds is 1. The molecule has 0 spiro atoms. The largest absolute Gasteiger partial charge is 0.331 e. The van der Waals surface area contributed by atoms with Crippen molar-refractivity contribution in [2.75, 3.05) is 0 Å². The molecule has 0 aliphatic heterocycles. The van der Waals surface area contributed by atoms with Gasteiger partial charge in [-0.3, -0.25) is 4.79 Å². The van der Waals surface area contributed by atoms with Crippen molar-refractivity contribution in [2.24, 2.45) is 11.1 Å². The normalized spacial score (nSPS) is 25.2. The average Bonchev–Trinajstić information content (AvgIpc) is 2.60. The van der Waals surface area contributed by atoms with E-state index in [1.54, 1.807) is 0 Å². The maximum absolute atomic E-state index is 12.6. The van der Waals surface area contributed by atoms with Gasteiger partial charge in [0.05, 0.1) is 0 Å². The molecule has 0 saturated heterocycles. The summed E-state index contributed by atoms with van der Waals surface area (Å²) in [7, 11) is 0. The monoisotopic (exact) mass is 319 g/mol. The van der Waals surface area contributed by atoms with Gasteiger partial charge in [0.1, 0.15) is 5.71 Å². The van der Waals surface area contributed by atoms with Gasteiger partial charge in [-0.15, -0.1) is 0 Å². The van der Waals surface area contributed by atoms with Gasteiger partial charge in [-0.05, 0) is 23.1 Å². The van der Waals surface area contributed by atoms with Gasteiger partial charge < -0.3 is 4.84 Å². The Labute approximate surface area is 140 Å². The van der Waals surface area contributed by atoms with E-state index in [-0.39, 0.29) is 5.78 Å². The number of carbonyl (C=O) groups is 2. The fourth-order valence-corrected chi connectivity index (χ4v) is 3.70. The number of carbonyl (C=O) groups excluding carboxylic acids is 2. The standard InChI is InChI=1S/C20H17NO3/c1-12(22)24-21-19-11-10-17-16-7-6-13-4-2-3-5-14(13)15(16)8-9-18(17)20(19)23/h2-9,13-14H,10-11H2,1H3/b21-19+. The highest BCUT2D eigenvalue weighted by atomic mass is 16.7. The second kappa shape index (κ2) is 5.71. The molecule has 1 aromatic rings. The van der Waals surface area contributed by atoms with Gasteiger partial charge in [-0.25, -0.2) is 4.79 Å². The van der Waals surface area contributed by atoms with Crippen molar-refractivity contribution in [3.8, 4) is 0 Å². The van der Waals surface area contributed by atoms with Crippen molar-refractivity contribution in [3.05, 3.63) is 64.8 Å². The fraction of sp³-hybridized carbons (Fsp3) is 0.250. The lowest BCUT2D eigenvalue weighted by molar-refractivity contribution is -0.140. The molecular weight excluding hydrogens is 302 g/mol. The summed E-state index contributed by atoms with van der Waals surface area (Å²) in [4.78, 5) is 28.2. The zero-order valence-electron chi connectivity index (χ0n) is 13.4. The van der Waals surface area contributed by atoms with Crippen LogP contribution in [0.15, 0.2) is 47.7 Å². The van der Waals surface area contributed by atoms with Crippen molar-refractivity contribution in [3.63, 3.8) is 0 Å². The molecule has 3 aliphatic rings. The van der Waals surface area contributed by atoms with Gasteiger partial charge in [-0.1, -0.05) is 53.7 Å². The maximum atomic E-state index is 12.6. The summed E-state index contributed by atoms with van der Waals surface area (Å²) >= 11 is 0. The molecule has 24 heavy (non-hydrogen) atoms. The van der Waals surface area contributed by atoms with E-state index in [2.05, 4.69) is 46.4 Å². The SMILES string of the molecule is CC(=O)O/N=C1\CCc2c(ccc3c2C=CC2C=CC=CC32)C1=O. The van der Waals surface area contributed by atoms with Crippen molar-refractivity contribution < 1.29 is 14.4 Å². The topological polar surface area (TPSA) is 55.7 Å². The van der Waals surface area contributed by atoms with Gasteiger partial charge in [-0.2, -0.15) is 0 Å². The Morgan fingerprint density at radius 2 is 2.00 bits per heavy atom. The lowest BCUT2D eigenvalue weighted by Gasteiger charge is -2.30. The number of Topliss-reactive ketones (excluding diaryl/α,β-unsaturated/α-hetero) is 1. The summed E-state index contributed by atoms with van der Waals surface area (Å²) in [5.41, 5.74) is 4.50. The zero-order chi connectivity index (χ0) is 16.7. The van der Waals surface area contributed by atoms with Crippen LogP contribution in [0, 0.1) is 5.92 Å². The Morgan fingerprint density at radius 3 is 2.83 bits per heavy atom. The van der Waals surface area contributed by atoms with E-state index in [4.69, 9.17) is 0 Å². The second-order valence-electron chi connectivity index (χ2n) is 6.28. The van der Waals surface area contributed by atoms with Crippen LogP contribution in [0.25, 0.3) is 6.08 Å². The van der Waals surface area contributed by atoms with Crippen LogP contribution in [0.1, 0.15) is 46.3 Å². The number of allylic oxidation sites excluding steroid dienone is 5. The number of hydrogen-bond acceptors (Lipinski definition) is 4. The van der Waals surface area contributed by atoms with Crippen LogP contribution in [0.3, 0.4) is 0 Å². The van der Waals surface area contributed by atoms with Crippen molar-refractivity contribution >= 4 is 23.5 Å². The minimum atomic E-state index is -0.516. The Balaban J connectivity index is 1.75. The molecule has 0 saturated carbocycles. The molecule has 0 N–H and O–H groups in total. The van der Waals surface area contributed by atoms with Gasteiger partial charge in [0.15, 0.2) is 0 Å². The first-order chi connectivity index (χ1) is 11.6. The first-order valence-electron chi connectivity index (χ1n) is 8.13. The van der Waals surface area contributed by atoms with Crippen molar-refractivity contribution in [1.82, 2.24) is 0 Å². The summed E-state index contributed by atoms with van der Waals surface area (Å²) in [5.74, 6) is 0.0694. The van der Waals surface area contributed by atoms with Gasteiger partial charge in [0.25, 0.3) is 0 Å². The Bertz CT molecular complexity index is 858. The van der Waals surface area contributed by atoms with Gasteiger partial charge in [0, 0.05) is 30.7 Å². The van der Waals surface area contributed by atoms with Gasteiger partial charge >= 0.3 is 5.97 Å². The molecule has 2 unspecified atom stereocenters. The molecule has 0 bridgehead atoms. The van der Waals surface area contributed by atoms with Gasteiger partial charge in [0.2, 0.25) is 5.78 Å². The lowest BCUT2D eigenvalue weighted by atomic mass is 9.73. The lowest BCUT2D eigenvalue weighted by Crippen LogP contribution is -2.25. The molecule has 3 aliphatic carbocycles. The van der Waals surface area contributed by atoms with Crippen molar-refractivity contribution in [1.29, 1.82) is 0 Å². The molecule has 0 aromatic heterocycles. The van der Waals surface area contributed by atoms with E-state index in [9.17, 15) is 9.59 Å². The minimum absolute atomic E-state index is 0.144. The summed E-state index contributed by atoms with van der Waals surface area (Å²) in [6, 6.07) is 3.94. The average molecular weight is 319 g/mol. The Hall–Kier alpha value is -2.75. The molecule has 4 heteroatoms. The molecule has 0 fully saturated rings.